The number of hydrogen-bond donors (Lipinski definition) is 3. The Morgan fingerprint density at radius 2 is 1.47 bits per heavy atom. The van der Waals surface area contributed by atoms with Crippen LogP contribution in [0.5, 0.6) is 0 Å². The normalized spacial score (nSPS) is 26.8. The van der Waals surface area contributed by atoms with E-state index in [0.29, 0.717) is 0 Å². The maximum absolute atomic E-state index is 3.88. The van der Waals surface area contributed by atoms with E-state index in [1.807, 2.05) is 4.90 Å². The summed E-state index contributed by atoms with van der Waals surface area (Å²) in [6, 6.07) is 0. The van der Waals surface area contributed by atoms with Gasteiger partial charge in [0.1, 0.15) is 26.2 Å². The van der Waals surface area contributed by atoms with E-state index in [9.17, 15) is 0 Å². The molecule has 0 saturated carbocycles. The highest BCUT2D eigenvalue weighted by atomic mass is 15.3. The fraction of sp³-hybridized carbons (Fsp3) is 1.00. The summed E-state index contributed by atoms with van der Waals surface area (Å²) in [6.45, 7) is 11.7. The van der Waals surface area contributed by atoms with Crippen molar-refractivity contribution >= 4 is 0 Å². The standard InChI is InChI=1S/C12H27N3/c1-2-14-9-11-15(12-10-14)8-6-4-3-5-7-13/h2-13H2,1H3/p+3. The number of rotatable bonds is 7. The van der Waals surface area contributed by atoms with Crippen LogP contribution in [0, 0.1) is 0 Å². The van der Waals surface area contributed by atoms with Crippen molar-refractivity contribution in [3.8, 4) is 0 Å². The van der Waals surface area contributed by atoms with Gasteiger partial charge >= 0.3 is 0 Å². The average molecular weight is 216 g/mol. The van der Waals surface area contributed by atoms with Crippen molar-refractivity contribution in [2.75, 3.05) is 45.8 Å². The van der Waals surface area contributed by atoms with Crippen LogP contribution in [0.15, 0.2) is 0 Å². The molecule has 0 aromatic carbocycles. The van der Waals surface area contributed by atoms with E-state index in [2.05, 4.69) is 12.7 Å². The van der Waals surface area contributed by atoms with Gasteiger partial charge in [0, 0.05) is 0 Å². The lowest BCUT2D eigenvalue weighted by Gasteiger charge is -2.28. The zero-order chi connectivity index (χ0) is 10.9. The molecule has 0 bridgehead atoms. The van der Waals surface area contributed by atoms with Crippen LogP contribution >= 0.6 is 0 Å². The first-order chi connectivity index (χ1) is 7.36. The van der Waals surface area contributed by atoms with Crippen LogP contribution in [-0.4, -0.2) is 45.8 Å². The Bertz CT molecular complexity index is 142. The Labute approximate surface area is 94.6 Å². The van der Waals surface area contributed by atoms with Gasteiger partial charge in [-0.05, 0) is 32.6 Å². The molecular weight excluding hydrogens is 186 g/mol. The second-order valence-corrected chi connectivity index (χ2v) is 4.87. The van der Waals surface area contributed by atoms with Crippen LogP contribution in [-0.2, 0) is 0 Å². The number of quaternary nitrogens is 3. The summed E-state index contributed by atoms with van der Waals surface area (Å²) in [4.78, 5) is 3.65. The molecule has 0 aromatic heterocycles. The van der Waals surface area contributed by atoms with E-state index in [-0.39, 0.29) is 0 Å². The fourth-order valence-corrected chi connectivity index (χ4v) is 2.47. The van der Waals surface area contributed by atoms with Gasteiger partial charge in [-0.1, -0.05) is 0 Å². The zero-order valence-electron chi connectivity index (χ0n) is 10.5. The molecule has 3 heteroatoms. The molecule has 1 fully saturated rings. The second kappa shape index (κ2) is 8.08. The molecule has 1 rings (SSSR count). The summed E-state index contributed by atoms with van der Waals surface area (Å²) in [7, 11) is 0. The predicted molar refractivity (Wildman–Crippen MR) is 63.0 cm³/mol. The minimum Gasteiger partial charge on any atom is -0.358 e. The highest BCUT2D eigenvalue weighted by Gasteiger charge is 2.20. The highest BCUT2D eigenvalue weighted by molar-refractivity contribution is 4.43. The SMILES string of the molecule is CC[NH+]1CC[NH+](CCCCCC[NH3+])CC1. The van der Waals surface area contributed by atoms with Crippen molar-refractivity contribution in [3.63, 3.8) is 0 Å². The number of likely N-dealkylation sites (N-methyl/N-ethyl adjacent to an activating group) is 1. The molecule has 15 heavy (non-hydrogen) atoms. The molecule has 0 aliphatic carbocycles. The van der Waals surface area contributed by atoms with Crippen molar-refractivity contribution in [1.82, 2.24) is 0 Å². The first kappa shape index (κ1) is 12.9. The van der Waals surface area contributed by atoms with Crippen molar-refractivity contribution in [3.05, 3.63) is 0 Å². The van der Waals surface area contributed by atoms with Gasteiger partial charge in [-0.3, -0.25) is 0 Å². The first-order valence-electron chi connectivity index (χ1n) is 6.83. The maximum atomic E-state index is 3.88. The first-order valence-corrected chi connectivity index (χ1v) is 6.83. The molecule has 1 saturated heterocycles. The van der Waals surface area contributed by atoms with Crippen molar-refractivity contribution < 1.29 is 15.5 Å². The Hall–Kier alpha value is -0.120. The van der Waals surface area contributed by atoms with Crippen LogP contribution in [0.1, 0.15) is 32.6 Å². The minimum absolute atomic E-state index is 1.12. The molecule has 0 radical (unpaired) electrons. The van der Waals surface area contributed by atoms with Crippen LogP contribution in [0.2, 0.25) is 0 Å². The van der Waals surface area contributed by atoms with Gasteiger partial charge in [0.15, 0.2) is 0 Å². The Morgan fingerprint density at radius 3 is 2.07 bits per heavy atom. The molecule has 90 valence electrons. The summed E-state index contributed by atoms with van der Waals surface area (Å²) in [5.41, 5.74) is 3.88. The summed E-state index contributed by atoms with van der Waals surface area (Å²) in [5, 5.41) is 0. The Kier molecular flexibility index (Phi) is 6.98. The van der Waals surface area contributed by atoms with Crippen LogP contribution in [0.4, 0.5) is 0 Å². The lowest BCUT2D eigenvalue weighted by molar-refractivity contribution is -1.01. The molecule has 0 atom stereocenters. The number of hydrogen-bond acceptors (Lipinski definition) is 0. The molecule has 5 N–H and O–H groups in total. The molecule has 0 aromatic rings. The molecule has 1 heterocycles. The van der Waals surface area contributed by atoms with Crippen molar-refractivity contribution in [2.45, 2.75) is 32.6 Å². The molecular formula is C12H30N3+3. The fourth-order valence-electron chi connectivity index (χ4n) is 2.47. The minimum atomic E-state index is 1.12. The number of unbranched alkanes of at least 4 members (excludes halogenated alkanes) is 3. The van der Waals surface area contributed by atoms with Gasteiger partial charge in [0.2, 0.25) is 0 Å². The van der Waals surface area contributed by atoms with Gasteiger partial charge in [-0.2, -0.15) is 0 Å². The molecule has 0 amide bonds. The Morgan fingerprint density at radius 1 is 0.867 bits per heavy atom. The molecule has 1 aliphatic rings. The summed E-state index contributed by atoms with van der Waals surface area (Å²) in [6.07, 6.45) is 5.56. The van der Waals surface area contributed by atoms with Crippen molar-refractivity contribution in [1.29, 1.82) is 0 Å². The molecule has 0 spiro atoms. The summed E-state index contributed by atoms with van der Waals surface area (Å²) < 4.78 is 0. The smallest absolute Gasteiger partial charge is 0.127 e. The van der Waals surface area contributed by atoms with Crippen molar-refractivity contribution in [2.24, 2.45) is 0 Å². The van der Waals surface area contributed by atoms with Gasteiger partial charge in [0.25, 0.3) is 0 Å². The van der Waals surface area contributed by atoms with Gasteiger partial charge < -0.3 is 15.5 Å². The monoisotopic (exact) mass is 216 g/mol. The van der Waals surface area contributed by atoms with Gasteiger partial charge in [0.05, 0.1) is 19.6 Å². The lowest BCUT2D eigenvalue weighted by atomic mass is 10.2. The third kappa shape index (κ3) is 5.50. The van der Waals surface area contributed by atoms with Crippen LogP contribution in [0.25, 0.3) is 0 Å². The quantitative estimate of drug-likeness (QED) is 0.397. The molecule has 0 unspecified atom stereocenters. The summed E-state index contributed by atoms with van der Waals surface area (Å²) in [5.74, 6) is 0. The molecule has 3 nitrogen and oxygen atoms in total. The van der Waals surface area contributed by atoms with E-state index >= 15 is 0 Å². The third-order valence-corrected chi connectivity index (χ3v) is 3.69. The van der Waals surface area contributed by atoms with Crippen LogP contribution in [0.3, 0.4) is 0 Å². The third-order valence-electron chi connectivity index (χ3n) is 3.69. The summed E-state index contributed by atoms with van der Waals surface area (Å²) >= 11 is 0. The van der Waals surface area contributed by atoms with E-state index in [1.165, 1.54) is 65.0 Å². The zero-order valence-corrected chi connectivity index (χ0v) is 10.5. The Balaban J connectivity index is 1.94. The maximum Gasteiger partial charge on any atom is 0.127 e. The lowest BCUT2D eigenvalue weighted by Crippen LogP contribution is -3.28. The van der Waals surface area contributed by atoms with E-state index < -0.39 is 0 Å². The topological polar surface area (TPSA) is 36.5 Å². The van der Waals surface area contributed by atoms with E-state index in [4.69, 9.17) is 0 Å². The molecule has 1 aliphatic heterocycles. The van der Waals surface area contributed by atoms with Crippen LogP contribution < -0.4 is 15.5 Å². The number of piperazine rings is 1. The predicted octanol–water partition coefficient (Wildman–Crippen LogP) is -2.41. The van der Waals surface area contributed by atoms with Gasteiger partial charge in [-0.25, -0.2) is 0 Å². The average Bonchev–Trinajstić information content (AvgIpc) is 2.30. The largest absolute Gasteiger partial charge is 0.358 e. The number of nitrogens with one attached hydrogen (secondary N) is 2. The second-order valence-electron chi connectivity index (χ2n) is 4.87. The van der Waals surface area contributed by atoms with E-state index in [0.717, 1.165) is 6.54 Å². The van der Waals surface area contributed by atoms with E-state index in [1.54, 1.807) is 4.90 Å². The highest BCUT2D eigenvalue weighted by Crippen LogP contribution is 1.95. The van der Waals surface area contributed by atoms with Gasteiger partial charge in [-0.15, -0.1) is 0 Å².